The van der Waals surface area contributed by atoms with Gasteiger partial charge in [0.1, 0.15) is 6.04 Å². The normalized spacial score (nSPS) is 24.3. The van der Waals surface area contributed by atoms with E-state index in [1.165, 1.54) is 0 Å². The van der Waals surface area contributed by atoms with Gasteiger partial charge in [-0.25, -0.2) is 0 Å². The van der Waals surface area contributed by atoms with Crippen molar-refractivity contribution in [1.29, 1.82) is 0 Å². The SMILES string of the molecule is NCC1CCN(Cc2cccc3c2CN(C2CCC(=O)NC2=O)C3=O)CC1. The van der Waals surface area contributed by atoms with E-state index in [2.05, 4.69) is 16.3 Å². The number of hydrogen-bond donors (Lipinski definition) is 2. The molecule has 1 aromatic carbocycles. The number of carbonyl (C=O) groups excluding carboxylic acids is 3. The zero-order chi connectivity index (χ0) is 19.0. The van der Waals surface area contributed by atoms with Gasteiger partial charge in [-0.15, -0.1) is 0 Å². The van der Waals surface area contributed by atoms with Crippen LogP contribution in [0.2, 0.25) is 0 Å². The van der Waals surface area contributed by atoms with Crippen LogP contribution in [0.25, 0.3) is 0 Å². The van der Waals surface area contributed by atoms with Crippen molar-refractivity contribution >= 4 is 17.7 Å². The maximum Gasteiger partial charge on any atom is 0.255 e. The summed E-state index contributed by atoms with van der Waals surface area (Å²) in [5.74, 6) is -0.115. The monoisotopic (exact) mass is 370 g/mol. The lowest BCUT2D eigenvalue weighted by Gasteiger charge is -2.32. The predicted molar refractivity (Wildman–Crippen MR) is 99.5 cm³/mol. The van der Waals surface area contributed by atoms with Crippen molar-refractivity contribution in [2.45, 2.75) is 44.8 Å². The lowest BCUT2D eigenvalue weighted by Crippen LogP contribution is -2.52. The number of likely N-dealkylation sites (tertiary alicyclic amines) is 1. The van der Waals surface area contributed by atoms with Crippen molar-refractivity contribution in [3.63, 3.8) is 0 Å². The Kier molecular flexibility index (Phi) is 4.97. The second-order valence-electron chi connectivity index (χ2n) is 7.80. The first-order valence-corrected chi connectivity index (χ1v) is 9.74. The second-order valence-corrected chi connectivity index (χ2v) is 7.80. The van der Waals surface area contributed by atoms with Gasteiger partial charge in [0.2, 0.25) is 11.8 Å². The maximum absolute atomic E-state index is 12.9. The van der Waals surface area contributed by atoms with Crippen LogP contribution >= 0.6 is 0 Å². The summed E-state index contributed by atoms with van der Waals surface area (Å²) < 4.78 is 0. The topological polar surface area (TPSA) is 95.7 Å². The number of rotatable bonds is 4. The first-order chi connectivity index (χ1) is 13.1. The van der Waals surface area contributed by atoms with Crippen LogP contribution in [0.5, 0.6) is 0 Å². The first kappa shape index (κ1) is 18.1. The molecule has 1 unspecified atom stereocenters. The van der Waals surface area contributed by atoms with Gasteiger partial charge in [-0.3, -0.25) is 24.6 Å². The van der Waals surface area contributed by atoms with Crippen molar-refractivity contribution in [2.24, 2.45) is 11.7 Å². The molecule has 27 heavy (non-hydrogen) atoms. The molecule has 4 rings (SSSR count). The van der Waals surface area contributed by atoms with Gasteiger partial charge in [0, 0.05) is 25.1 Å². The van der Waals surface area contributed by atoms with E-state index in [-0.39, 0.29) is 24.1 Å². The molecule has 2 fully saturated rings. The van der Waals surface area contributed by atoms with E-state index in [1.807, 2.05) is 12.1 Å². The molecule has 0 saturated carbocycles. The summed E-state index contributed by atoms with van der Waals surface area (Å²) in [4.78, 5) is 40.5. The van der Waals surface area contributed by atoms with Crippen molar-refractivity contribution in [1.82, 2.24) is 15.1 Å². The van der Waals surface area contributed by atoms with Crippen LogP contribution in [0.15, 0.2) is 18.2 Å². The van der Waals surface area contributed by atoms with Crippen molar-refractivity contribution < 1.29 is 14.4 Å². The quantitative estimate of drug-likeness (QED) is 0.758. The Morgan fingerprint density at radius 2 is 1.89 bits per heavy atom. The van der Waals surface area contributed by atoms with Crippen molar-refractivity contribution in [3.05, 3.63) is 34.9 Å². The molecule has 1 atom stereocenters. The fourth-order valence-corrected chi connectivity index (χ4v) is 4.42. The molecule has 7 nitrogen and oxygen atoms in total. The Morgan fingerprint density at radius 3 is 2.59 bits per heavy atom. The number of imide groups is 1. The van der Waals surface area contributed by atoms with Gasteiger partial charge >= 0.3 is 0 Å². The minimum absolute atomic E-state index is 0.108. The van der Waals surface area contributed by atoms with E-state index >= 15 is 0 Å². The molecular weight excluding hydrogens is 344 g/mol. The number of benzene rings is 1. The van der Waals surface area contributed by atoms with Gasteiger partial charge in [0.25, 0.3) is 5.91 Å². The van der Waals surface area contributed by atoms with Crippen LogP contribution < -0.4 is 11.1 Å². The van der Waals surface area contributed by atoms with E-state index in [0.29, 0.717) is 24.4 Å². The number of piperidine rings is 2. The molecule has 2 saturated heterocycles. The summed E-state index contributed by atoms with van der Waals surface area (Å²) in [6.07, 6.45) is 2.91. The van der Waals surface area contributed by atoms with Gasteiger partial charge < -0.3 is 10.6 Å². The average Bonchev–Trinajstić information content (AvgIpc) is 3.00. The maximum atomic E-state index is 12.9. The average molecular weight is 370 g/mol. The van der Waals surface area contributed by atoms with Crippen LogP contribution in [0, 0.1) is 5.92 Å². The first-order valence-electron chi connectivity index (χ1n) is 9.74. The highest BCUT2D eigenvalue weighted by Gasteiger charge is 2.39. The summed E-state index contributed by atoms with van der Waals surface area (Å²) in [5, 5.41) is 2.35. The summed E-state index contributed by atoms with van der Waals surface area (Å²) in [6.45, 7) is 4.06. The van der Waals surface area contributed by atoms with Crippen LogP contribution in [-0.4, -0.2) is 53.2 Å². The number of amides is 3. The summed E-state index contributed by atoms with van der Waals surface area (Å²) in [7, 11) is 0. The molecular formula is C20H26N4O3. The van der Waals surface area contributed by atoms with Crippen LogP contribution in [0.1, 0.15) is 47.2 Å². The second kappa shape index (κ2) is 7.40. The highest BCUT2D eigenvalue weighted by atomic mass is 16.2. The third kappa shape index (κ3) is 3.49. The van der Waals surface area contributed by atoms with E-state index in [9.17, 15) is 14.4 Å². The molecule has 0 radical (unpaired) electrons. The zero-order valence-electron chi connectivity index (χ0n) is 15.4. The van der Waals surface area contributed by atoms with Crippen LogP contribution in [-0.2, 0) is 22.7 Å². The van der Waals surface area contributed by atoms with Crippen molar-refractivity contribution in [3.8, 4) is 0 Å². The fourth-order valence-electron chi connectivity index (χ4n) is 4.42. The molecule has 3 heterocycles. The molecule has 3 N–H and O–H groups in total. The Morgan fingerprint density at radius 1 is 1.11 bits per heavy atom. The lowest BCUT2D eigenvalue weighted by molar-refractivity contribution is -0.136. The van der Waals surface area contributed by atoms with E-state index < -0.39 is 6.04 Å². The van der Waals surface area contributed by atoms with Crippen LogP contribution in [0.4, 0.5) is 0 Å². The number of carbonyl (C=O) groups is 3. The predicted octanol–water partition coefficient (Wildman–Crippen LogP) is 0.618. The molecule has 1 aromatic rings. The minimum Gasteiger partial charge on any atom is -0.330 e. The van der Waals surface area contributed by atoms with Gasteiger partial charge in [-0.1, -0.05) is 12.1 Å². The Bertz CT molecular complexity index is 770. The summed E-state index contributed by atoms with van der Waals surface area (Å²) in [5.41, 5.74) is 8.65. The summed E-state index contributed by atoms with van der Waals surface area (Å²) in [6, 6.07) is 5.28. The van der Waals surface area contributed by atoms with E-state index in [0.717, 1.165) is 50.1 Å². The fraction of sp³-hybridized carbons (Fsp3) is 0.550. The molecule has 0 bridgehead atoms. The third-order valence-corrected chi connectivity index (χ3v) is 6.11. The Labute approximate surface area is 158 Å². The molecule has 0 aromatic heterocycles. The molecule has 0 aliphatic carbocycles. The van der Waals surface area contributed by atoms with E-state index in [1.54, 1.807) is 4.90 Å². The van der Waals surface area contributed by atoms with Gasteiger partial charge in [-0.2, -0.15) is 0 Å². The lowest BCUT2D eigenvalue weighted by atomic mass is 9.96. The number of fused-ring (bicyclic) bond motifs is 1. The number of nitrogens with one attached hydrogen (secondary N) is 1. The van der Waals surface area contributed by atoms with E-state index in [4.69, 9.17) is 5.73 Å². The zero-order valence-corrected chi connectivity index (χ0v) is 15.4. The van der Waals surface area contributed by atoms with Gasteiger partial charge in [0.15, 0.2) is 0 Å². The highest BCUT2D eigenvalue weighted by molar-refractivity contribution is 6.05. The molecule has 7 heteroatoms. The van der Waals surface area contributed by atoms with Gasteiger partial charge in [0.05, 0.1) is 0 Å². The van der Waals surface area contributed by atoms with Crippen LogP contribution in [0.3, 0.4) is 0 Å². The number of nitrogens with zero attached hydrogens (tertiary/aromatic N) is 2. The standard InChI is InChI=1S/C20H26N4O3/c21-10-13-6-8-23(9-7-13)11-14-2-1-3-15-16(14)12-24(20(15)27)17-4-5-18(25)22-19(17)26/h1-3,13,17H,4-12,21H2,(H,22,25,26). The number of hydrogen-bond acceptors (Lipinski definition) is 5. The summed E-state index contributed by atoms with van der Waals surface area (Å²) >= 11 is 0. The third-order valence-electron chi connectivity index (χ3n) is 6.11. The Balaban J connectivity index is 1.49. The smallest absolute Gasteiger partial charge is 0.255 e. The molecule has 144 valence electrons. The van der Waals surface area contributed by atoms with Crippen molar-refractivity contribution in [2.75, 3.05) is 19.6 Å². The highest BCUT2D eigenvalue weighted by Crippen LogP contribution is 2.31. The largest absolute Gasteiger partial charge is 0.330 e. The minimum atomic E-state index is -0.559. The molecule has 3 aliphatic rings. The molecule has 0 spiro atoms. The number of nitrogens with two attached hydrogens (primary N) is 1. The van der Waals surface area contributed by atoms with Gasteiger partial charge in [-0.05, 0) is 62.0 Å². The molecule has 3 amide bonds. The molecule has 3 aliphatic heterocycles. The Hall–Kier alpha value is -2.25.